The minimum Gasteiger partial charge on any atom is -0.497 e. The van der Waals surface area contributed by atoms with E-state index in [0.717, 1.165) is 43.1 Å². The van der Waals surface area contributed by atoms with E-state index in [-0.39, 0.29) is 11.8 Å². The number of nitrogens with one attached hydrogen (secondary N) is 1. The Morgan fingerprint density at radius 3 is 2.09 bits per heavy atom. The molecule has 34 heavy (non-hydrogen) atoms. The van der Waals surface area contributed by atoms with Crippen LogP contribution in [-0.2, 0) is 4.79 Å². The van der Waals surface area contributed by atoms with E-state index in [2.05, 4.69) is 17.3 Å². The molecular weight excluding hydrogens is 426 g/mol. The van der Waals surface area contributed by atoms with Gasteiger partial charge in [-0.25, -0.2) is 0 Å². The molecule has 0 radical (unpaired) electrons. The van der Waals surface area contributed by atoms with Gasteiger partial charge in [-0.15, -0.1) is 0 Å². The maximum Gasteiger partial charge on any atom is 0.256 e. The summed E-state index contributed by atoms with van der Waals surface area (Å²) >= 11 is 0. The van der Waals surface area contributed by atoms with E-state index in [0.29, 0.717) is 16.8 Å². The average Bonchev–Trinajstić information content (AvgIpc) is 2.88. The van der Waals surface area contributed by atoms with Gasteiger partial charge in [0, 0.05) is 43.0 Å². The fraction of sp³-hybridized carbons (Fsp3) is 0.214. The molecule has 2 amide bonds. The number of amides is 2. The lowest BCUT2D eigenvalue weighted by Gasteiger charge is -2.32. The van der Waals surface area contributed by atoms with Crippen molar-refractivity contribution in [1.82, 2.24) is 9.80 Å². The van der Waals surface area contributed by atoms with Crippen LogP contribution in [0.25, 0.3) is 11.6 Å². The predicted octanol–water partition coefficient (Wildman–Crippen LogP) is 4.26. The summed E-state index contributed by atoms with van der Waals surface area (Å²) < 4.78 is 5.23. The summed E-state index contributed by atoms with van der Waals surface area (Å²) in [6.07, 6.45) is 1.86. The van der Waals surface area contributed by atoms with Crippen molar-refractivity contribution in [3.05, 3.63) is 95.6 Å². The third-order valence-electron chi connectivity index (χ3n) is 5.94. The normalized spacial score (nSPS) is 14.5. The molecule has 0 atom stereocenters. The van der Waals surface area contributed by atoms with E-state index < -0.39 is 0 Å². The molecule has 1 aliphatic rings. The third-order valence-corrected chi connectivity index (χ3v) is 5.94. The summed E-state index contributed by atoms with van der Waals surface area (Å²) in [7, 11) is 3.68. The molecule has 0 unspecified atom stereocenters. The summed E-state index contributed by atoms with van der Waals surface area (Å²) in [5.74, 6) is 0.560. The van der Waals surface area contributed by atoms with Gasteiger partial charge < -0.3 is 19.9 Å². The van der Waals surface area contributed by atoms with Gasteiger partial charge in [0.15, 0.2) is 0 Å². The minimum atomic E-state index is -0.222. The van der Waals surface area contributed by atoms with E-state index in [1.165, 1.54) is 0 Å². The second-order valence-electron chi connectivity index (χ2n) is 8.32. The van der Waals surface area contributed by atoms with Crippen molar-refractivity contribution in [2.24, 2.45) is 0 Å². The first-order chi connectivity index (χ1) is 16.5. The van der Waals surface area contributed by atoms with Crippen LogP contribution >= 0.6 is 0 Å². The molecule has 1 fully saturated rings. The fourth-order valence-electron chi connectivity index (χ4n) is 3.85. The van der Waals surface area contributed by atoms with Crippen LogP contribution in [0.15, 0.2) is 78.9 Å². The van der Waals surface area contributed by atoms with Crippen LogP contribution < -0.4 is 10.1 Å². The molecule has 6 heteroatoms. The first-order valence-corrected chi connectivity index (χ1v) is 11.3. The number of carbonyl (C=O) groups excluding carboxylic acids is 2. The fourth-order valence-corrected chi connectivity index (χ4v) is 3.85. The van der Waals surface area contributed by atoms with Crippen molar-refractivity contribution in [2.75, 3.05) is 45.7 Å². The molecule has 1 N–H and O–H groups in total. The van der Waals surface area contributed by atoms with Crippen molar-refractivity contribution in [1.29, 1.82) is 0 Å². The lowest BCUT2D eigenvalue weighted by molar-refractivity contribution is -0.111. The lowest BCUT2D eigenvalue weighted by Crippen LogP contribution is -2.47. The van der Waals surface area contributed by atoms with E-state index in [1.807, 2.05) is 65.6 Å². The molecule has 0 spiro atoms. The molecule has 1 heterocycles. The Morgan fingerprint density at radius 1 is 0.824 bits per heavy atom. The number of rotatable bonds is 6. The number of likely N-dealkylation sites (N-methyl/N-ethyl adjacent to an activating group) is 1. The first-order valence-electron chi connectivity index (χ1n) is 11.3. The number of anilines is 1. The van der Waals surface area contributed by atoms with Crippen LogP contribution in [0.5, 0.6) is 5.75 Å². The highest BCUT2D eigenvalue weighted by Gasteiger charge is 2.20. The molecule has 3 aromatic rings. The topological polar surface area (TPSA) is 61.9 Å². The summed E-state index contributed by atoms with van der Waals surface area (Å²) in [5, 5.41) is 2.97. The van der Waals surface area contributed by atoms with Gasteiger partial charge in [0.05, 0.1) is 7.11 Å². The smallest absolute Gasteiger partial charge is 0.256 e. The highest BCUT2D eigenvalue weighted by atomic mass is 16.5. The molecule has 0 saturated carbocycles. The Bertz CT molecular complexity index is 1150. The van der Waals surface area contributed by atoms with Gasteiger partial charge >= 0.3 is 0 Å². The molecule has 1 saturated heterocycles. The molecule has 4 rings (SSSR count). The van der Waals surface area contributed by atoms with Crippen molar-refractivity contribution >= 4 is 29.2 Å². The van der Waals surface area contributed by atoms with Crippen molar-refractivity contribution in [3.8, 4) is 5.75 Å². The molecule has 174 valence electrons. The highest BCUT2D eigenvalue weighted by Crippen LogP contribution is 2.22. The summed E-state index contributed by atoms with van der Waals surface area (Å²) in [5.41, 5.74) is 3.51. The third kappa shape index (κ3) is 5.71. The predicted molar refractivity (Wildman–Crippen MR) is 136 cm³/mol. The number of methoxy groups -OCH3 is 1. The van der Waals surface area contributed by atoms with Crippen molar-refractivity contribution in [2.45, 2.75) is 0 Å². The summed E-state index contributed by atoms with van der Waals surface area (Å²) in [6, 6.07) is 24.2. The van der Waals surface area contributed by atoms with E-state index in [4.69, 9.17) is 4.74 Å². The highest BCUT2D eigenvalue weighted by molar-refractivity contribution is 6.29. The summed E-state index contributed by atoms with van der Waals surface area (Å²) in [4.78, 5) is 30.1. The number of benzene rings is 3. The Hall–Kier alpha value is -3.90. The number of hydrogen-bond acceptors (Lipinski definition) is 4. The van der Waals surface area contributed by atoms with Gasteiger partial charge in [0.2, 0.25) is 0 Å². The van der Waals surface area contributed by atoms with Crippen LogP contribution in [0, 0.1) is 0 Å². The standard InChI is InChI=1S/C28H29N3O3/c1-30-16-18-31(19-17-30)28(33)23-10-12-24(13-11-23)29-27(32)26(22-6-4-3-5-7-22)20-21-8-14-25(34-2)15-9-21/h3-15,20H,16-19H2,1-2H3,(H,29,32)/b26-20+. The molecule has 6 nitrogen and oxygen atoms in total. The van der Waals surface area contributed by atoms with Crippen LogP contribution in [0.1, 0.15) is 21.5 Å². The van der Waals surface area contributed by atoms with E-state index in [9.17, 15) is 9.59 Å². The largest absolute Gasteiger partial charge is 0.497 e. The van der Waals surface area contributed by atoms with Gasteiger partial charge in [-0.3, -0.25) is 9.59 Å². The average molecular weight is 456 g/mol. The van der Waals surface area contributed by atoms with Crippen LogP contribution in [0.4, 0.5) is 5.69 Å². The molecule has 0 bridgehead atoms. The zero-order valence-corrected chi connectivity index (χ0v) is 19.5. The van der Waals surface area contributed by atoms with Crippen molar-refractivity contribution < 1.29 is 14.3 Å². The lowest BCUT2D eigenvalue weighted by atomic mass is 10.0. The Kier molecular flexibility index (Phi) is 7.40. The quantitative estimate of drug-likeness (QED) is 0.446. The van der Waals surface area contributed by atoms with Crippen LogP contribution in [0.3, 0.4) is 0 Å². The SMILES string of the molecule is COc1ccc(/C=C(/C(=O)Nc2ccc(C(=O)N3CCN(C)CC3)cc2)c2ccccc2)cc1. The van der Waals surface area contributed by atoms with Gasteiger partial charge in [-0.05, 0) is 60.6 Å². The number of carbonyl (C=O) groups is 2. The number of nitrogens with zero attached hydrogens (tertiary/aromatic N) is 2. The second kappa shape index (κ2) is 10.8. The Balaban J connectivity index is 1.51. The molecule has 0 aliphatic carbocycles. The maximum atomic E-state index is 13.3. The Labute approximate surface area is 200 Å². The molecule has 1 aliphatic heterocycles. The number of hydrogen-bond donors (Lipinski definition) is 1. The number of ether oxygens (including phenoxy) is 1. The molecular formula is C28H29N3O3. The first kappa shape index (κ1) is 23.3. The Morgan fingerprint density at radius 2 is 1.47 bits per heavy atom. The minimum absolute atomic E-state index is 0.0235. The maximum absolute atomic E-state index is 13.3. The van der Waals surface area contributed by atoms with Gasteiger partial charge in [-0.1, -0.05) is 42.5 Å². The van der Waals surface area contributed by atoms with Crippen LogP contribution in [0.2, 0.25) is 0 Å². The van der Waals surface area contributed by atoms with Gasteiger partial charge in [-0.2, -0.15) is 0 Å². The molecule has 0 aromatic heterocycles. The van der Waals surface area contributed by atoms with Crippen LogP contribution in [-0.4, -0.2) is 62.0 Å². The van der Waals surface area contributed by atoms with E-state index in [1.54, 1.807) is 31.4 Å². The summed E-state index contributed by atoms with van der Waals surface area (Å²) in [6.45, 7) is 3.21. The number of piperazine rings is 1. The second-order valence-corrected chi connectivity index (χ2v) is 8.32. The van der Waals surface area contributed by atoms with E-state index >= 15 is 0 Å². The zero-order valence-electron chi connectivity index (χ0n) is 19.5. The zero-order chi connectivity index (χ0) is 23.9. The van der Waals surface area contributed by atoms with Crippen molar-refractivity contribution in [3.63, 3.8) is 0 Å². The van der Waals surface area contributed by atoms with Gasteiger partial charge in [0.1, 0.15) is 5.75 Å². The molecule has 3 aromatic carbocycles. The monoisotopic (exact) mass is 455 g/mol. The van der Waals surface area contributed by atoms with Gasteiger partial charge in [0.25, 0.3) is 11.8 Å².